The molecule has 0 radical (unpaired) electrons. The van der Waals surface area contributed by atoms with Gasteiger partial charge in [0.15, 0.2) is 7.41 Å². The van der Waals surface area contributed by atoms with Crippen molar-refractivity contribution in [2.45, 2.75) is 0 Å². The zero-order valence-electron chi connectivity index (χ0n) is 16.4. The summed E-state index contributed by atoms with van der Waals surface area (Å²) in [6.07, 6.45) is 0. The van der Waals surface area contributed by atoms with Gasteiger partial charge in [0.25, 0.3) is 0 Å². The fourth-order valence-corrected chi connectivity index (χ4v) is 6.98. The van der Waals surface area contributed by atoms with Crippen LogP contribution in [0.5, 0.6) is 0 Å². The van der Waals surface area contributed by atoms with Gasteiger partial charge in [0.1, 0.15) is 15.9 Å². The average molecular weight is 730 g/mol. The van der Waals surface area contributed by atoms with Crippen LogP contribution in [0.4, 0.5) is 5.69 Å². The molecule has 0 bridgehead atoms. The van der Waals surface area contributed by atoms with E-state index in [0.717, 1.165) is 5.69 Å². The Morgan fingerprint density at radius 1 is 0.452 bits per heavy atom. The Labute approximate surface area is 215 Å². The van der Waals surface area contributed by atoms with Gasteiger partial charge in [-0.15, -0.1) is 0 Å². The van der Waals surface area contributed by atoms with Gasteiger partial charge in [0.2, 0.25) is 0 Å². The molecule has 31 heavy (non-hydrogen) atoms. The molecule has 162 valence electrons. The fourth-order valence-electron chi connectivity index (χ4n) is 3.30. The molecule has 1 nitrogen and oxygen atoms in total. The Morgan fingerprint density at radius 3 is 1.00 bits per heavy atom. The Bertz CT molecular complexity index is 944. The van der Waals surface area contributed by atoms with Crippen LogP contribution in [0.15, 0.2) is 121 Å². The maximum absolute atomic E-state index is 3.95. The van der Waals surface area contributed by atoms with Crippen LogP contribution in [-0.2, 0) is 5.61 Å². The Kier molecular flexibility index (Phi) is 9.86. The van der Waals surface area contributed by atoms with Gasteiger partial charge in [0.05, 0.1) is 5.69 Å². The van der Waals surface area contributed by atoms with E-state index in [0.29, 0.717) is 0 Å². The Morgan fingerprint density at radius 2 is 0.710 bits per heavy atom. The topological polar surface area (TPSA) is 12.0 Å². The number of benzene rings is 4. The van der Waals surface area contributed by atoms with Gasteiger partial charge >= 0.3 is 62.1 Å². The number of para-hydroxylation sites is 1. The van der Waals surface area contributed by atoms with Crippen LogP contribution in [0.3, 0.4) is 0 Å². The third-order valence-corrected chi connectivity index (χ3v) is 8.31. The summed E-state index contributed by atoms with van der Waals surface area (Å²) in [7, 11) is -2.03. The minimum Gasteiger partial charge on any atom is -0.247 e. The summed E-state index contributed by atoms with van der Waals surface area (Å²) in [6.45, 7) is 0. The summed E-state index contributed by atoms with van der Waals surface area (Å²) in [6, 6.07) is 42.9. The molecule has 0 aliphatic carbocycles. The molecule has 0 aliphatic heterocycles. The molecule has 4 rings (SSSR count). The SMILES string of the molecule is [Br][Fe]([Br])([Br])[Br].c1ccc(N[P+](c2ccccc2)(c2ccccc2)c2ccccc2)cc1. The van der Waals surface area contributed by atoms with E-state index >= 15 is 0 Å². The van der Waals surface area contributed by atoms with Crippen molar-refractivity contribution >= 4 is 85.5 Å². The number of hydrogen-bond acceptors (Lipinski definition) is 1. The monoisotopic (exact) mass is 726 g/mol. The van der Waals surface area contributed by atoms with Gasteiger partial charge in [-0.05, 0) is 48.5 Å². The van der Waals surface area contributed by atoms with E-state index in [4.69, 9.17) is 0 Å². The first-order valence-corrected chi connectivity index (χ1v) is 22.0. The maximum Gasteiger partial charge on any atom is 0.199 e. The molecule has 0 atom stereocenters. The predicted octanol–water partition coefficient (Wildman–Crippen LogP) is 8.39. The van der Waals surface area contributed by atoms with Crippen molar-refractivity contribution in [3.05, 3.63) is 121 Å². The number of halogens is 4. The van der Waals surface area contributed by atoms with Crippen molar-refractivity contribution in [1.29, 1.82) is 0 Å². The smallest absolute Gasteiger partial charge is 0.199 e. The summed E-state index contributed by atoms with van der Waals surface area (Å²) >= 11 is 13.0. The van der Waals surface area contributed by atoms with Crippen molar-refractivity contribution in [1.82, 2.24) is 0 Å². The number of anilines is 1. The molecule has 4 aromatic rings. The second-order valence-electron chi connectivity index (χ2n) is 6.46. The molecule has 0 fully saturated rings. The molecule has 4 aromatic carbocycles. The van der Waals surface area contributed by atoms with Crippen molar-refractivity contribution in [2.75, 3.05) is 5.09 Å². The molecule has 0 saturated carbocycles. The zero-order chi connectivity index (χ0) is 22.2. The van der Waals surface area contributed by atoms with Gasteiger partial charge in [-0.1, -0.05) is 72.8 Å². The molecule has 0 saturated heterocycles. The third kappa shape index (κ3) is 7.54. The van der Waals surface area contributed by atoms with Gasteiger partial charge in [-0.3, -0.25) is 0 Å². The van der Waals surface area contributed by atoms with Gasteiger partial charge in [-0.2, -0.15) is 0 Å². The zero-order valence-corrected chi connectivity index (χ0v) is 24.7. The number of hydrogen-bond donors (Lipinski definition) is 1. The minimum absolute atomic E-state index is 1.14. The Balaban J connectivity index is 0.000000491. The van der Waals surface area contributed by atoms with Crippen molar-refractivity contribution < 1.29 is 5.61 Å². The fraction of sp³-hybridized carbons (Fsp3) is 0. The third-order valence-electron chi connectivity index (χ3n) is 4.50. The van der Waals surface area contributed by atoms with Gasteiger partial charge < -0.3 is 0 Å². The molecule has 1 N–H and O–H groups in total. The molecular weight excluding hydrogens is 709 g/mol. The molecule has 0 amide bonds. The van der Waals surface area contributed by atoms with Gasteiger partial charge in [-0.25, -0.2) is 5.09 Å². The number of nitrogens with one attached hydrogen (secondary N) is 1. The van der Waals surface area contributed by atoms with Crippen LogP contribution in [-0.4, -0.2) is 0 Å². The quantitative estimate of drug-likeness (QED) is 0.161. The predicted molar refractivity (Wildman–Crippen MR) is 151 cm³/mol. The second kappa shape index (κ2) is 12.1. The summed E-state index contributed by atoms with van der Waals surface area (Å²) in [4.78, 5) is 0. The van der Waals surface area contributed by atoms with Crippen LogP contribution in [0.2, 0.25) is 0 Å². The van der Waals surface area contributed by atoms with Crippen molar-refractivity contribution in [3.8, 4) is 0 Å². The van der Waals surface area contributed by atoms with E-state index in [2.05, 4.69) is 183 Å². The summed E-state index contributed by atoms with van der Waals surface area (Å²) in [5.41, 5.74) is -0.114. The standard InChI is InChI=1S/C24H21NP.4BrH.Fe/c1-5-13-21(14-6-1)25-26(22-15-7-2-8-16-22,23-17-9-3-10-18-23)24-19-11-4-12-20-24;;;;;/h1-20,25H;4*1H;/q+1;;;;;+4/p-4. The van der Waals surface area contributed by atoms with E-state index in [-0.39, 0.29) is 0 Å². The molecule has 0 heterocycles. The number of rotatable bonds is 5. The molecule has 0 spiro atoms. The minimum atomic E-state index is -2.03. The van der Waals surface area contributed by atoms with Crippen LogP contribution in [0, 0.1) is 0 Å². The first kappa shape index (κ1) is 25.2. The van der Waals surface area contributed by atoms with Crippen molar-refractivity contribution in [3.63, 3.8) is 0 Å². The summed E-state index contributed by atoms with van der Waals surface area (Å²) in [5, 5.41) is 7.91. The first-order chi connectivity index (χ1) is 14.9. The van der Waals surface area contributed by atoms with E-state index in [1.807, 2.05) is 0 Å². The largest absolute Gasteiger partial charge is 0.247 e. The second-order valence-corrected chi connectivity index (χ2v) is 43.0. The summed E-state index contributed by atoms with van der Waals surface area (Å²) < 4.78 is 0. The summed E-state index contributed by atoms with van der Waals surface area (Å²) in [5.74, 6) is 0. The Hall–Kier alpha value is -0.451. The van der Waals surface area contributed by atoms with Crippen LogP contribution in [0.25, 0.3) is 0 Å². The van der Waals surface area contributed by atoms with E-state index in [1.165, 1.54) is 15.9 Å². The maximum atomic E-state index is 3.95. The normalized spacial score (nSPS) is 11.7. The molecule has 0 aliphatic rings. The van der Waals surface area contributed by atoms with E-state index in [1.54, 1.807) is 0 Å². The molecule has 0 unspecified atom stereocenters. The molecular formula is C24H21Br4FeNP+. The van der Waals surface area contributed by atoms with Crippen LogP contribution >= 0.6 is 63.9 Å². The van der Waals surface area contributed by atoms with Gasteiger partial charge in [0, 0.05) is 0 Å². The van der Waals surface area contributed by atoms with E-state index in [9.17, 15) is 0 Å². The molecule has 0 aromatic heterocycles. The van der Waals surface area contributed by atoms with Crippen LogP contribution in [0.1, 0.15) is 0 Å². The molecule has 7 heteroatoms. The van der Waals surface area contributed by atoms with Crippen molar-refractivity contribution in [2.24, 2.45) is 0 Å². The average Bonchev–Trinajstić information content (AvgIpc) is 2.79. The first-order valence-electron chi connectivity index (χ1n) is 9.32. The van der Waals surface area contributed by atoms with E-state index < -0.39 is 13.0 Å². The van der Waals surface area contributed by atoms with Crippen LogP contribution < -0.4 is 21.0 Å².